The Hall–Kier alpha value is -0.0300. The Morgan fingerprint density at radius 2 is 1.76 bits per heavy atom. The van der Waals surface area contributed by atoms with E-state index < -0.39 is 0 Å². The third-order valence-electron chi connectivity index (χ3n) is 4.42. The van der Waals surface area contributed by atoms with E-state index in [0.717, 1.165) is 13.1 Å². The topological polar surface area (TPSA) is 58.4 Å². The van der Waals surface area contributed by atoms with Gasteiger partial charge in [-0.2, -0.15) is 0 Å². The lowest BCUT2D eigenvalue weighted by atomic mass is 9.98. The van der Waals surface area contributed by atoms with Gasteiger partial charge in [-0.3, -0.25) is 9.69 Å². The molecular weight excluding hydrogens is 309 g/mol. The summed E-state index contributed by atoms with van der Waals surface area (Å²) in [6.07, 6.45) is 6.21. The van der Waals surface area contributed by atoms with Crippen LogP contribution in [-0.2, 0) is 4.79 Å². The van der Waals surface area contributed by atoms with Crippen LogP contribution in [0.3, 0.4) is 0 Å². The second kappa shape index (κ2) is 9.88. The van der Waals surface area contributed by atoms with Gasteiger partial charge in [-0.25, -0.2) is 0 Å². The van der Waals surface area contributed by atoms with Crippen LogP contribution in [0.2, 0.25) is 0 Å². The molecule has 1 saturated heterocycles. The molecule has 2 aliphatic rings. The fraction of sp³-hybridized carbons (Fsp3) is 0.933. The van der Waals surface area contributed by atoms with E-state index in [-0.39, 0.29) is 42.8 Å². The number of carbonyl (C=O) groups excluding carboxylic acids is 1. The second-order valence-corrected chi connectivity index (χ2v) is 6.53. The van der Waals surface area contributed by atoms with E-state index in [1.807, 2.05) is 0 Å². The average molecular weight is 340 g/mol. The van der Waals surface area contributed by atoms with E-state index in [0.29, 0.717) is 18.4 Å². The first-order valence-corrected chi connectivity index (χ1v) is 7.87. The van der Waals surface area contributed by atoms with Crippen LogP contribution in [0.4, 0.5) is 0 Å². The SMILES string of the molecule is CC(C)C(C(=O)NCC(N)C1CC1)N1CCCCC1.Cl.Cl. The lowest BCUT2D eigenvalue weighted by Crippen LogP contribution is -2.53. The molecule has 3 N–H and O–H groups in total. The maximum absolute atomic E-state index is 12.4. The fourth-order valence-corrected chi connectivity index (χ4v) is 3.10. The van der Waals surface area contributed by atoms with Gasteiger partial charge >= 0.3 is 0 Å². The molecule has 2 atom stereocenters. The third-order valence-corrected chi connectivity index (χ3v) is 4.42. The molecule has 2 unspecified atom stereocenters. The molecule has 1 aliphatic carbocycles. The van der Waals surface area contributed by atoms with E-state index >= 15 is 0 Å². The van der Waals surface area contributed by atoms with Crippen molar-refractivity contribution in [2.75, 3.05) is 19.6 Å². The lowest BCUT2D eigenvalue weighted by Gasteiger charge is -2.36. The summed E-state index contributed by atoms with van der Waals surface area (Å²) in [6, 6.07) is 0.171. The van der Waals surface area contributed by atoms with E-state index in [1.54, 1.807) is 0 Å². The Kier molecular flexibility index (Phi) is 9.87. The zero-order chi connectivity index (χ0) is 13.8. The minimum absolute atomic E-state index is 0. The van der Waals surface area contributed by atoms with E-state index in [4.69, 9.17) is 5.73 Å². The zero-order valence-corrected chi connectivity index (χ0v) is 14.8. The van der Waals surface area contributed by atoms with E-state index in [1.165, 1.54) is 32.1 Å². The van der Waals surface area contributed by atoms with Crippen LogP contribution in [0.15, 0.2) is 0 Å². The van der Waals surface area contributed by atoms with Gasteiger partial charge in [0.05, 0.1) is 6.04 Å². The average Bonchev–Trinajstić information content (AvgIpc) is 3.21. The first kappa shape index (κ1) is 21.0. The van der Waals surface area contributed by atoms with Gasteiger partial charge in [-0.15, -0.1) is 24.8 Å². The van der Waals surface area contributed by atoms with Gasteiger partial charge in [0.2, 0.25) is 5.91 Å². The Bertz CT molecular complexity index is 305. The zero-order valence-electron chi connectivity index (χ0n) is 13.2. The molecule has 0 aromatic carbocycles. The number of likely N-dealkylation sites (tertiary alicyclic amines) is 1. The lowest BCUT2D eigenvalue weighted by molar-refractivity contribution is -0.128. The smallest absolute Gasteiger partial charge is 0.237 e. The molecule has 0 radical (unpaired) electrons. The molecule has 1 heterocycles. The van der Waals surface area contributed by atoms with Crippen LogP contribution >= 0.6 is 24.8 Å². The predicted molar refractivity (Wildman–Crippen MR) is 92.3 cm³/mol. The molecule has 21 heavy (non-hydrogen) atoms. The van der Waals surface area contributed by atoms with Crippen molar-refractivity contribution in [2.24, 2.45) is 17.6 Å². The molecule has 6 heteroatoms. The number of piperidine rings is 1. The third kappa shape index (κ3) is 6.31. The van der Waals surface area contributed by atoms with Crippen molar-refractivity contribution >= 4 is 30.7 Å². The minimum Gasteiger partial charge on any atom is -0.353 e. The van der Waals surface area contributed by atoms with Gasteiger partial charge in [0.1, 0.15) is 0 Å². The second-order valence-electron chi connectivity index (χ2n) is 6.53. The van der Waals surface area contributed by atoms with Gasteiger partial charge in [0, 0.05) is 12.6 Å². The number of amides is 1. The van der Waals surface area contributed by atoms with Crippen molar-refractivity contribution in [3.63, 3.8) is 0 Å². The highest BCUT2D eigenvalue weighted by atomic mass is 35.5. The number of nitrogens with one attached hydrogen (secondary N) is 1. The normalized spacial score (nSPS) is 21.9. The quantitative estimate of drug-likeness (QED) is 0.779. The Balaban J connectivity index is 0.00000200. The van der Waals surface area contributed by atoms with Crippen LogP contribution in [0, 0.1) is 11.8 Å². The van der Waals surface area contributed by atoms with Gasteiger partial charge < -0.3 is 11.1 Å². The molecule has 1 aliphatic heterocycles. The summed E-state index contributed by atoms with van der Waals surface area (Å²) in [5, 5.41) is 3.08. The van der Waals surface area contributed by atoms with Crippen LogP contribution < -0.4 is 11.1 Å². The predicted octanol–water partition coefficient (Wildman–Crippen LogP) is 2.19. The summed E-state index contributed by atoms with van der Waals surface area (Å²) in [7, 11) is 0. The number of carbonyl (C=O) groups is 1. The van der Waals surface area contributed by atoms with Crippen molar-refractivity contribution in [1.82, 2.24) is 10.2 Å². The van der Waals surface area contributed by atoms with Crippen molar-refractivity contribution in [3.8, 4) is 0 Å². The minimum atomic E-state index is 0. The van der Waals surface area contributed by atoms with Crippen LogP contribution in [0.5, 0.6) is 0 Å². The van der Waals surface area contributed by atoms with Crippen molar-refractivity contribution in [2.45, 2.75) is 58.0 Å². The fourth-order valence-electron chi connectivity index (χ4n) is 3.10. The first-order valence-electron chi connectivity index (χ1n) is 7.87. The Morgan fingerprint density at radius 1 is 1.19 bits per heavy atom. The molecule has 0 aromatic heterocycles. The molecule has 1 amide bonds. The van der Waals surface area contributed by atoms with Crippen LogP contribution in [0.1, 0.15) is 46.0 Å². The summed E-state index contributed by atoms with van der Waals surface area (Å²) < 4.78 is 0. The summed E-state index contributed by atoms with van der Waals surface area (Å²) in [6.45, 7) is 7.04. The number of halogens is 2. The maximum atomic E-state index is 12.4. The molecule has 126 valence electrons. The summed E-state index contributed by atoms with van der Waals surface area (Å²) in [5.41, 5.74) is 6.05. The van der Waals surface area contributed by atoms with Crippen molar-refractivity contribution in [3.05, 3.63) is 0 Å². The van der Waals surface area contributed by atoms with Crippen LogP contribution in [-0.4, -0.2) is 42.5 Å². The Morgan fingerprint density at radius 3 is 2.24 bits per heavy atom. The molecular formula is C15H31Cl2N3O. The van der Waals surface area contributed by atoms with E-state index in [9.17, 15) is 4.79 Å². The van der Waals surface area contributed by atoms with Crippen LogP contribution in [0.25, 0.3) is 0 Å². The number of nitrogens with two attached hydrogens (primary N) is 1. The number of hydrogen-bond donors (Lipinski definition) is 2. The highest BCUT2D eigenvalue weighted by Crippen LogP contribution is 2.31. The van der Waals surface area contributed by atoms with Gasteiger partial charge in [-0.1, -0.05) is 20.3 Å². The first-order chi connectivity index (χ1) is 9.09. The molecule has 2 fully saturated rings. The molecule has 4 nitrogen and oxygen atoms in total. The van der Waals surface area contributed by atoms with Gasteiger partial charge in [-0.05, 0) is 50.6 Å². The summed E-state index contributed by atoms with van der Waals surface area (Å²) >= 11 is 0. The Labute approximate surface area is 141 Å². The van der Waals surface area contributed by atoms with Crippen molar-refractivity contribution in [1.29, 1.82) is 0 Å². The number of nitrogens with zero attached hydrogens (tertiary/aromatic N) is 1. The van der Waals surface area contributed by atoms with Crippen molar-refractivity contribution < 1.29 is 4.79 Å². The molecule has 2 rings (SSSR count). The number of hydrogen-bond acceptors (Lipinski definition) is 3. The molecule has 0 bridgehead atoms. The maximum Gasteiger partial charge on any atom is 0.237 e. The highest BCUT2D eigenvalue weighted by Gasteiger charge is 2.32. The molecule has 0 spiro atoms. The van der Waals surface area contributed by atoms with E-state index in [2.05, 4.69) is 24.1 Å². The number of rotatable bonds is 6. The van der Waals surface area contributed by atoms with Gasteiger partial charge in [0.25, 0.3) is 0 Å². The highest BCUT2D eigenvalue weighted by molar-refractivity contribution is 5.85. The summed E-state index contributed by atoms with van der Waals surface area (Å²) in [4.78, 5) is 14.8. The molecule has 0 aromatic rings. The monoisotopic (exact) mass is 339 g/mol. The summed E-state index contributed by atoms with van der Waals surface area (Å²) in [5.74, 6) is 1.18. The van der Waals surface area contributed by atoms with Gasteiger partial charge in [0.15, 0.2) is 0 Å². The standard InChI is InChI=1S/C15H29N3O.2ClH/c1-11(2)14(18-8-4-3-5-9-18)15(19)17-10-13(16)12-6-7-12;;/h11-14H,3-10,16H2,1-2H3,(H,17,19);2*1H. The molecule has 1 saturated carbocycles. The largest absolute Gasteiger partial charge is 0.353 e.